The molecule has 0 saturated carbocycles. The van der Waals surface area contributed by atoms with Gasteiger partial charge in [0.15, 0.2) is 0 Å². The highest BCUT2D eigenvalue weighted by Crippen LogP contribution is 2.21. The Kier molecular flexibility index (Phi) is 6.26. The molecule has 0 unspecified atom stereocenters. The van der Waals surface area contributed by atoms with Gasteiger partial charge in [0.05, 0.1) is 25.5 Å². The molecule has 0 aliphatic rings. The van der Waals surface area contributed by atoms with Gasteiger partial charge in [0, 0.05) is 37.4 Å². The van der Waals surface area contributed by atoms with Crippen LogP contribution >= 0.6 is 0 Å². The van der Waals surface area contributed by atoms with E-state index in [4.69, 9.17) is 0 Å². The molecule has 0 amide bonds. The number of hydrazone groups is 2. The lowest BCUT2D eigenvalue weighted by Crippen LogP contribution is -2.25. The lowest BCUT2D eigenvalue weighted by Gasteiger charge is -2.17. The highest BCUT2D eigenvalue weighted by atomic mass is 16.3. The van der Waals surface area contributed by atoms with Crippen LogP contribution in [0.1, 0.15) is 11.1 Å². The minimum Gasteiger partial charge on any atom is -0.508 e. The summed E-state index contributed by atoms with van der Waals surface area (Å²) in [4.78, 5) is 0. The van der Waals surface area contributed by atoms with E-state index >= 15 is 0 Å². The molecule has 0 aliphatic heterocycles. The molecule has 0 bridgehead atoms. The zero-order valence-corrected chi connectivity index (χ0v) is 14.6. The van der Waals surface area contributed by atoms with Crippen LogP contribution < -0.4 is 0 Å². The summed E-state index contributed by atoms with van der Waals surface area (Å²) in [6, 6.07) is 8.60. The maximum atomic E-state index is 9.71. The summed E-state index contributed by atoms with van der Waals surface area (Å²) in [5.41, 5.74) is 1.01. The summed E-state index contributed by atoms with van der Waals surface area (Å²) < 4.78 is 0. The lowest BCUT2D eigenvalue weighted by atomic mass is 10.2. The summed E-state index contributed by atoms with van der Waals surface area (Å²) in [5, 5.41) is 49.8. The molecule has 2 aromatic rings. The number of hydrogen-bond donors (Lipinski definition) is 4. The molecule has 0 heterocycles. The third-order valence-corrected chi connectivity index (χ3v) is 3.56. The molecule has 0 aromatic heterocycles. The maximum absolute atomic E-state index is 9.71. The van der Waals surface area contributed by atoms with Crippen molar-refractivity contribution >= 4 is 12.4 Å². The van der Waals surface area contributed by atoms with Crippen molar-refractivity contribution in [3.8, 4) is 23.0 Å². The predicted octanol–water partition coefficient (Wildman–Crippen LogP) is 1.74. The number of nitrogens with zero attached hydrogens (tertiary/aromatic N) is 4. The van der Waals surface area contributed by atoms with E-state index in [0.717, 1.165) is 0 Å². The van der Waals surface area contributed by atoms with Gasteiger partial charge < -0.3 is 20.4 Å². The number of phenols is 4. The van der Waals surface area contributed by atoms with Gasteiger partial charge in [0.2, 0.25) is 0 Å². The molecule has 8 heteroatoms. The molecule has 0 saturated heterocycles. The molecule has 2 aromatic carbocycles. The van der Waals surface area contributed by atoms with Gasteiger partial charge >= 0.3 is 0 Å². The molecule has 0 spiro atoms. The maximum Gasteiger partial charge on any atom is 0.128 e. The average Bonchev–Trinajstić information content (AvgIpc) is 2.58. The third kappa shape index (κ3) is 5.59. The van der Waals surface area contributed by atoms with Gasteiger partial charge in [-0.15, -0.1) is 0 Å². The molecule has 8 nitrogen and oxygen atoms in total. The SMILES string of the molecule is CN(CCN(C)/N=C\c1ccc(O)cc1O)/N=C\c1ccc(O)cc1O. The lowest BCUT2D eigenvalue weighted by molar-refractivity contribution is 0.272. The zero-order valence-electron chi connectivity index (χ0n) is 14.6. The van der Waals surface area contributed by atoms with Crippen LogP contribution in [0.25, 0.3) is 0 Å². The van der Waals surface area contributed by atoms with Gasteiger partial charge in [-0.05, 0) is 24.3 Å². The van der Waals surface area contributed by atoms with Crippen molar-refractivity contribution in [1.29, 1.82) is 0 Å². The zero-order chi connectivity index (χ0) is 19.1. The number of phenolic OH excluding ortho intramolecular Hbond substituents is 4. The first kappa shape index (κ1) is 18.9. The fourth-order valence-corrected chi connectivity index (χ4v) is 2.01. The molecule has 0 aliphatic carbocycles. The van der Waals surface area contributed by atoms with E-state index < -0.39 is 0 Å². The Balaban J connectivity index is 1.85. The van der Waals surface area contributed by atoms with E-state index in [1.54, 1.807) is 36.2 Å². The minimum absolute atomic E-state index is 0.00726. The van der Waals surface area contributed by atoms with Gasteiger partial charge in [0.1, 0.15) is 23.0 Å². The van der Waals surface area contributed by atoms with Gasteiger partial charge in [-0.1, -0.05) is 0 Å². The van der Waals surface area contributed by atoms with Crippen molar-refractivity contribution in [3.63, 3.8) is 0 Å². The first-order valence-electron chi connectivity index (χ1n) is 7.89. The number of benzene rings is 2. The summed E-state index contributed by atoms with van der Waals surface area (Å²) >= 11 is 0. The Morgan fingerprint density at radius 3 is 1.46 bits per heavy atom. The van der Waals surface area contributed by atoms with E-state index in [9.17, 15) is 20.4 Å². The normalized spacial score (nSPS) is 11.3. The quantitative estimate of drug-likeness (QED) is 0.443. The molecular formula is C18H22N4O4. The second-order valence-corrected chi connectivity index (χ2v) is 5.74. The Bertz CT molecular complexity index is 740. The van der Waals surface area contributed by atoms with Crippen molar-refractivity contribution in [2.45, 2.75) is 0 Å². The molecule has 0 fully saturated rings. The molecule has 0 atom stereocenters. The molecule has 138 valence electrons. The summed E-state index contributed by atoms with van der Waals surface area (Å²) in [6.07, 6.45) is 3.01. The standard InChI is InChI=1S/C18H22N4O4/c1-21(19-11-13-3-5-15(23)9-17(13)25)7-8-22(2)20-12-14-4-6-16(24)10-18(14)26/h3-6,9-12,23-26H,7-8H2,1-2H3/b19-11-,20-12-. The Morgan fingerprint density at radius 2 is 1.12 bits per heavy atom. The van der Waals surface area contributed by atoms with Crippen LogP contribution in [0.15, 0.2) is 46.6 Å². The van der Waals surface area contributed by atoms with Crippen LogP contribution in [0.4, 0.5) is 0 Å². The molecule has 0 radical (unpaired) electrons. The van der Waals surface area contributed by atoms with Crippen LogP contribution in [0.5, 0.6) is 23.0 Å². The van der Waals surface area contributed by atoms with Crippen molar-refractivity contribution in [1.82, 2.24) is 10.0 Å². The van der Waals surface area contributed by atoms with E-state index in [-0.39, 0.29) is 23.0 Å². The summed E-state index contributed by atoms with van der Waals surface area (Å²) in [7, 11) is 3.58. The Hall–Kier alpha value is -3.42. The van der Waals surface area contributed by atoms with E-state index in [2.05, 4.69) is 10.2 Å². The average molecular weight is 358 g/mol. The Morgan fingerprint density at radius 1 is 0.731 bits per heavy atom. The second kappa shape index (κ2) is 8.61. The van der Waals surface area contributed by atoms with E-state index in [0.29, 0.717) is 24.2 Å². The van der Waals surface area contributed by atoms with Gasteiger partial charge in [-0.2, -0.15) is 10.2 Å². The first-order valence-corrected chi connectivity index (χ1v) is 7.89. The topological polar surface area (TPSA) is 112 Å². The van der Waals surface area contributed by atoms with Crippen molar-refractivity contribution < 1.29 is 20.4 Å². The first-order chi connectivity index (χ1) is 12.3. The predicted molar refractivity (Wildman–Crippen MR) is 100.0 cm³/mol. The highest BCUT2D eigenvalue weighted by Gasteiger charge is 2.02. The van der Waals surface area contributed by atoms with Crippen LogP contribution in [-0.2, 0) is 0 Å². The number of rotatable bonds is 7. The number of hydrogen-bond acceptors (Lipinski definition) is 8. The molecule has 4 N–H and O–H groups in total. The monoisotopic (exact) mass is 358 g/mol. The van der Waals surface area contributed by atoms with Gasteiger partial charge in [-0.25, -0.2) is 0 Å². The smallest absolute Gasteiger partial charge is 0.128 e. The fraction of sp³-hybridized carbons (Fsp3) is 0.222. The van der Waals surface area contributed by atoms with Crippen LogP contribution in [0.3, 0.4) is 0 Å². The minimum atomic E-state index is -0.0439. The van der Waals surface area contributed by atoms with Crippen molar-refractivity contribution in [2.24, 2.45) is 10.2 Å². The van der Waals surface area contributed by atoms with E-state index in [1.165, 1.54) is 36.7 Å². The van der Waals surface area contributed by atoms with Gasteiger partial charge in [-0.3, -0.25) is 10.0 Å². The molecular weight excluding hydrogens is 336 g/mol. The third-order valence-electron chi connectivity index (χ3n) is 3.56. The van der Waals surface area contributed by atoms with E-state index in [1.807, 2.05) is 0 Å². The largest absolute Gasteiger partial charge is 0.508 e. The summed E-state index contributed by atoms with van der Waals surface area (Å²) in [5.74, 6) is -0.102. The molecule has 2 rings (SSSR count). The number of likely N-dealkylation sites (N-methyl/N-ethyl adjacent to an activating group) is 2. The highest BCUT2D eigenvalue weighted by molar-refractivity contribution is 5.84. The van der Waals surface area contributed by atoms with Crippen molar-refractivity contribution in [3.05, 3.63) is 47.5 Å². The summed E-state index contributed by atoms with van der Waals surface area (Å²) in [6.45, 7) is 1.15. The fourth-order valence-electron chi connectivity index (χ4n) is 2.01. The van der Waals surface area contributed by atoms with Crippen LogP contribution in [-0.4, -0.2) is 70.1 Å². The number of aromatic hydroxyl groups is 4. The van der Waals surface area contributed by atoms with Crippen LogP contribution in [0.2, 0.25) is 0 Å². The second-order valence-electron chi connectivity index (χ2n) is 5.74. The molecule has 26 heavy (non-hydrogen) atoms. The van der Waals surface area contributed by atoms with Crippen LogP contribution in [0, 0.1) is 0 Å². The van der Waals surface area contributed by atoms with Gasteiger partial charge in [0.25, 0.3) is 0 Å². The van der Waals surface area contributed by atoms with Crippen molar-refractivity contribution in [2.75, 3.05) is 27.2 Å². The Labute approximate surface area is 151 Å².